The van der Waals surface area contributed by atoms with Crippen molar-refractivity contribution in [3.05, 3.63) is 47.5 Å². The lowest BCUT2D eigenvalue weighted by Gasteiger charge is -2.25. The molecule has 1 aromatic carbocycles. The second-order valence-electron chi connectivity index (χ2n) is 7.37. The number of carboxylic acids is 1. The topological polar surface area (TPSA) is 124 Å². The van der Waals surface area contributed by atoms with Crippen LogP contribution in [-0.4, -0.2) is 43.3 Å². The smallest absolute Gasteiger partial charge is 0.339 e. The van der Waals surface area contributed by atoms with Crippen molar-refractivity contribution in [3.8, 4) is 5.75 Å². The molecule has 1 amide bonds. The van der Waals surface area contributed by atoms with Crippen molar-refractivity contribution in [2.75, 3.05) is 4.90 Å². The Labute approximate surface area is 168 Å². The molecule has 0 radical (unpaired) electrons. The van der Waals surface area contributed by atoms with Gasteiger partial charge in [-0.05, 0) is 31.9 Å². The van der Waals surface area contributed by atoms with Crippen molar-refractivity contribution in [2.45, 2.75) is 57.6 Å². The summed E-state index contributed by atoms with van der Waals surface area (Å²) in [6.45, 7) is 1.38. The van der Waals surface area contributed by atoms with E-state index in [4.69, 9.17) is 5.11 Å². The summed E-state index contributed by atoms with van der Waals surface area (Å²) in [5, 5.41) is 28.8. The van der Waals surface area contributed by atoms with E-state index in [0.29, 0.717) is 11.6 Å². The number of amides is 1. The van der Waals surface area contributed by atoms with Crippen LogP contribution >= 0.6 is 0 Å². The molecule has 29 heavy (non-hydrogen) atoms. The summed E-state index contributed by atoms with van der Waals surface area (Å²) in [6, 6.07) is 3.81. The summed E-state index contributed by atoms with van der Waals surface area (Å²) in [7, 11) is 0. The van der Waals surface area contributed by atoms with Gasteiger partial charge < -0.3 is 20.2 Å². The standard InChI is InChI=1S/C21H25N3O5/c1-13(25)20(27)24(16-7-8-17(21(28)29)19(26)9-16)12-15-10-23-18(11-22-15)14-5-3-2-4-6-14/h7-11,13-14,25-26H,2-6,12H2,1H3,(H,28,29). The second kappa shape index (κ2) is 9.00. The monoisotopic (exact) mass is 399 g/mol. The number of aliphatic hydroxyl groups excluding tert-OH is 1. The van der Waals surface area contributed by atoms with Gasteiger partial charge in [-0.1, -0.05) is 19.3 Å². The molecular formula is C21H25N3O5. The number of aliphatic hydroxyl groups is 1. The third kappa shape index (κ3) is 4.89. The average Bonchev–Trinajstić information content (AvgIpc) is 2.72. The Hall–Kier alpha value is -3.00. The van der Waals surface area contributed by atoms with Crippen LogP contribution in [-0.2, 0) is 11.3 Å². The van der Waals surface area contributed by atoms with Crippen molar-refractivity contribution < 1.29 is 24.9 Å². The molecule has 0 aliphatic heterocycles. The maximum atomic E-state index is 12.5. The molecular weight excluding hydrogens is 374 g/mol. The molecule has 1 unspecified atom stereocenters. The van der Waals surface area contributed by atoms with Crippen LogP contribution in [0.25, 0.3) is 0 Å². The highest BCUT2D eigenvalue weighted by Crippen LogP contribution is 2.31. The number of anilines is 1. The lowest BCUT2D eigenvalue weighted by molar-refractivity contribution is -0.125. The molecule has 1 aromatic heterocycles. The summed E-state index contributed by atoms with van der Waals surface area (Å²) >= 11 is 0. The summed E-state index contributed by atoms with van der Waals surface area (Å²) in [5.74, 6) is -1.91. The largest absolute Gasteiger partial charge is 0.507 e. The summed E-state index contributed by atoms with van der Waals surface area (Å²) in [4.78, 5) is 33.8. The number of carbonyl (C=O) groups excluding carboxylic acids is 1. The first-order valence-corrected chi connectivity index (χ1v) is 9.73. The van der Waals surface area contributed by atoms with Gasteiger partial charge in [0.1, 0.15) is 17.4 Å². The molecule has 1 fully saturated rings. The Bertz CT molecular complexity index is 876. The van der Waals surface area contributed by atoms with E-state index in [1.165, 1.54) is 49.3 Å². The first-order chi connectivity index (χ1) is 13.9. The Morgan fingerprint density at radius 2 is 1.90 bits per heavy atom. The zero-order valence-corrected chi connectivity index (χ0v) is 16.3. The highest BCUT2D eigenvalue weighted by Gasteiger charge is 2.23. The predicted molar refractivity (Wildman–Crippen MR) is 106 cm³/mol. The minimum absolute atomic E-state index is 0.0353. The fraction of sp³-hybridized carbons (Fsp3) is 0.429. The Balaban J connectivity index is 1.83. The molecule has 1 aliphatic carbocycles. The minimum Gasteiger partial charge on any atom is -0.507 e. The third-order valence-electron chi connectivity index (χ3n) is 5.22. The van der Waals surface area contributed by atoms with Crippen molar-refractivity contribution in [1.82, 2.24) is 9.97 Å². The molecule has 3 N–H and O–H groups in total. The van der Waals surface area contributed by atoms with E-state index in [2.05, 4.69) is 9.97 Å². The number of nitrogens with zero attached hydrogens (tertiary/aromatic N) is 3. The maximum absolute atomic E-state index is 12.5. The van der Waals surface area contributed by atoms with Gasteiger partial charge in [0, 0.05) is 23.9 Å². The molecule has 8 nitrogen and oxygen atoms in total. The summed E-state index contributed by atoms with van der Waals surface area (Å²) in [6.07, 6.45) is 7.95. The second-order valence-corrected chi connectivity index (χ2v) is 7.37. The number of aromatic hydroxyl groups is 1. The van der Waals surface area contributed by atoms with E-state index in [1.54, 1.807) is 12.4 Å². The number of aromatic carboxylic acids is 1. The number of rotatable bonds is 6. The van der Waals surface area contributed by atoms with Gasteiger partial charge in [-0.3, -0.25) is 14.8 Å². The number of benzene rings is 1. The highest BCUT2D eigenvalue weighted by molar-refractivity contribution is 5.97. The van der Waals surface area contributed by atoms with Crippen LogP contribution in [0.5, 0.6) is 5.75 Å². The van der Waals surface area contributed by atoms with E-state index in [9.17, 15) is 19.8 Å². The average molecular weight is 399 g/mol. The molecule has 1 saturated carbocycles. The van der Waals surface area contributed by atoms with Crippen LogP contribution in [0.3, 0.4) is 0 Å². The van der Waals surface area contributed by atoms with Gasteiger partial charge >= 0.3 is 5.97 Å². The highest BCUT2D eigenvalue weighted by atomic mass is 16.4. The van der Waals surface area contributed by atoms with Gasteiger partial charge in [0.25, 0.3) is 5.91 Å². The molecule has 1 aliphatic rings. The van der Waals surface area contributed by atoms with Crippen LogP contribution in [0.15, 0.2) is 30.6 Å². The molecule has 0 spiro atoms. The first kappa shape index (κ1) is 20.7. The fourth-order valence-corrected chi connectivity index (χ4v) is 3.61. The van der Waals surface area contributed by atoms with Crippen LogP contribution in [0.2, 0.25) is 0 Å². The molecule has 154 valence electrons. The van der Waals surface area contributed by atoms with E-state index in [0.717, 1.165) is 18.5 Å². The first-order valence-electron chi connectivity index (χ1n) is 9.73. The number of hydrogen-bond acceptors (Lipinski definition) is 6. The summed E-state index contributed by atoms with van der Waals surface area (Å²) in [5.41, 5.74) is 1.47. The zero-order chi connectivity index (χ0) is 21.0. The van der Waals surface area contributed by atoms with Gasteiger partial charge in [0.2, 0.25) is 0 Å². The van der Waals surface area contributed by atoms with E-state index in [-0.39, 0.29) is 17.8 Å². The molecule has 0 saturated heterocycles. The van der Waals surface area contributed by atoms with Gasteiger partial charge in [-0.15, -0.1) is 0 Å². The number of hydrogen-bond donors (Lipinski definition) is 3. The zero-order valence-electron chi connectivity index (χ0n) is 16.3. The SMILES string of the molecule is CC(O)C(=O)N(Cc1cnc(C2CCCCC2)cn1)c1ccc(C(=O)O)c(O)c1. The maximum Gasteiger partial charge on any atom is 0.339 e. The molecule has 1 heterocycles. The van der Waals surface area contributed by atoms with Crippen LogP contribution < -0.4 is 4.90 Å². The fourth-order valence-electron chi connectivity index (χ4n) is 3.61. The van der Waals surface area contributed by atoms with Gasteiger partial charge in [-0.25, -0.2) is 4.79 Å². The number of carbonyl (C=O) groups is 2. The lowest BCUT2D eigenvalue weighted by atomic mass is 9.87. The molecule has 8 heteroatoms. The summed E-state index contributed by atoms with van der Waals surface area (Å²) < 4.78 is 0. The molecule has 3 rings (SSSR count). The number of carboxylic acid groups (broad SMARTS) is 1. The Morgan fingerprint density at radius 3 is 2.45 bits per heavy atom. The van der Waals surface area contributed by atoms with Gasteiger partial charge in [0.05, 0.1) is 24.1 Å². The van der Waals surface area contributed by atoms with Gasteiger partial charge in [-0.2, -0.15) is 0 Å². The molecule has 2 aromatic rings. The van der Waals surface area contributed by atoms with Crippen molar-refractivity contribution >= 4 is 17.6 Å². The minimum atomic E-state index is -1.27. The normalized spacial score (nSPS) is 15.7. The predicted octanol–water partition coefficient (Wildman–Crippen LogP) is 2.84. The van der Waals surface area contributed by atoms with Crippen LogP contribution in [0.4, 0.5) is 5.69 Å². The van der Waals surface area contributed by atoms with Crippen molar-refractivity contribution in [2.24, 2.45) is 0 Å². The quantitative estimate of drug-likeness (QED) is 0.682. The molecule has 1 atom stereocenters. The molecule has 0 bridgehead atoms. The van der Waals surface area contributed by atoms with E-state index < -0.39 is 23.7 Å². The Morgan fingerprint density at radius 1 is 1.17 bits per heavy atom. The van der Waals surface area contributed by atoms with Crippen LogP contribution in [0, 0.1) is 0 Å². The van der Waals surface area contributed by atoms with Gasteiger partial charge in [0.15, 0.2) is 0 Å². The number of aromatic nitrogens is 2. The van der Waals surface area contributed by atoms with E-state index >= 15 is 0 Å². The Kier molecular flexibility index (Phi) is 6.43. The number of phenols is 1. The lowest BCUT2D eigenvalue weighted by Crippen LogP contribution is -2.37. The van der Waals surface area contributed by atoms with Crippen molar-refractivity contribution in [1.29, 1.82) is 0 Å². The van der Waals surface area contributed by atoms with E-state index in [1.807, 2.05) is 0 Å². The third-order valence-corrected chi connectivity index (χ3v) is 5.22. The van der Waals surface area contributed by atoms with Crippen molar-refractivity contribution in [3.63, 3.8) is 0 Å². The van der Waals surface area contributed by atoms with Crippen LogP contribution in [0.1, 0.15) is 66.7 Å².